The fraction of sp³-hybridized carbons (Fsp3) is 0.250. The number of nitrogens with two attached hydrogens (primary N) is 1. The van der Waals surface area contributed by atoms with Crippen molar-refractivity contribution >= 4 is 11.6 Å². The molecule has 7 nitrogen and oxygen atoms in total. The molecule has 1 aromatic carbocycles. The second-order valence-electron chi connectivity index (χ2n) is 4.16. The number of carbonyl (C=O) groups is 1. The molecule has 0 saturated heterocycles. The molecule has 0 bridgehead atoms. The Kier molecular flexibility index (Phi) is 4.09. The van der Waals surface area contributed by atoms with Gasteiger partial charge in [0, 0.05) is 5.69 Å². The third kappa shape index (κ3) is 3.78. The number of benzene rings is 1. The number of amides is 1. The lowest BCUT2D eigenvalue weighted by Gasteiger charge is -2.03. The monoisotopic (exact) mass is 260 g/mol. The van der Waals surface area contributed by atoms with Gasteiger partial charge in [0.15, 0.2) is 5.82 Å². The highest BCUT2D eigenvalue weighted by molar-refractivity contribution is 5.76. The maximum atomic E-state index is 11.1. The fourth-order valence-electron chi connectivity index (χ4n) is 1.54. The molecule has 0 unspecified atom stereocenters. The summed E-state index contributed by atoms with van der Waals surface area (Å²) in [5, 5.41) is 9.92. The molecular formula is C12H16N6O. The Morgan fingerprint density at radius 3 is 2.79 bits per heavy atom. The summed E-state index contributed by atoms with van der Waals surface area (Å²) >= 11 is 0. The van der Waals surface area contributed by atoms with Crippen molar-refractivity contribution < 1.29 is 4.79 Å². The van der Waals surface area contributed by atoms with Gasteiger partial charge in [-0.2, -0.15) is 5.10 Å². The van der Waals surface area contributed by atoms with E-state index in [0.717, 1.165) is 5.69 Å². The molecular weight excluding hydrogens is 244 g/mol. The van der Waals surface area contributed by atoms with Gasteiger partial charge in [-0.3, -0.25) is 15.3 Å². The zero-order chi connectivity index (χ0) is 13.7. The molecule has 0 aliphatic carbocycles. The maximum absolute atomic E-state index is 11.1. The Hall–Kier alpha value is -2.41. The van der Waals surface area contributed by atoms with Crippen LogP contribution in [-0.2, 0) is 17.8 Å². The van der Waals surface area contributed by atoms with Gasteiger partial charge in [-0.1, -0.05) is 17.7 Å². The zero-order valence-electron chi connectivity index (χ0n) is 10.6. The third-order valence-corrected chi connectivity index (χ3v) is 2.57. The summed E-state index contributed by atoms with van der Waals surface area (Å²) in [6.07, 6.45) is 0.0670. The van der Waals surface area contributed by atoms with Crippen LogP contribution in [0.5, 0.6) is 0 Å². The summed E-state index contributed by atoms with van der Waals surface area (Å²) < 4.78 is 0. The molecule has 0 spiro atoms. The first kappa shape index (κ1) is 13.0. The Labute approximate surface area is 110 Å². The minimum absolute atomic E-state index is 0.0670. The topological polar surface area (TPSA) is 109 Å². The molecule has 7 heteroatoms. The van der Waals surface area contributed by atoms with E-state index >= 15 is 0 Å². The van der Waals surface area contributed by atoms with E-state index in [4.69, 9.17) is 5.84 Å². The van der Waals surface area contributed by atoms with E-state index in [-0.39, 0.29) is 12.3 Å². The number of nitrogens with zero attached hydrogens (tertiary/aromatic N) is 2. The second-order valence-corrected chi connectivity index (χ2v) is 4.16. The van der Waals surface area contributed by atoms with E-state index in [1.165, 1.54) is 5.56 Å². The van der Waals surface area contributed by atoms with Gasteiger partial charge in [-0.05, 0) is 19.1 Å². The van der Waals surface area contributed by atoms with Crippen LogP contribution in [0.15, 0.2) is 24.3 Å². The largest absolute Gasteiger partial charge is 0.378 e. The molecule has 0 radical (unpaired) electrons. The van der Waals surface area contributed by atoms with E-state index in [1.54, 1.807) is 0 Å². The molecule has 2 rings (SSSR count). The predicted octanol–water partition coefficient (Wildman–Crippen LogP) is 0.258. The number of H-pyrrole nitrogens is 1. The van der Waals surface area contributed by atoms with Crippen LogP contribution in [0.4, 0.5) is 5.69 Å². The molecule has 0 aliphatic heterocycles. The number of aromatic nitrogens is 3. The Morgan fingerprint density at radius 1 is 1.37 bits per heavy atom. The van der Waals surface area contributed by atoms with Crippen LogP contribution >= 0.6 is 0 Å². The van der Waals surface area contributed by atoms with E-state index in [2.05, 4.69) is 20.5 Å². The highest BCUT2D eigenvalue weighted by Crippen LogP contribution is 2.09. The summed E-state index contributed by atoms with van der Waals surface area (Å²) in [6, 6.07) is 8.04. The summed E-state index contributed by atoms with van der Waals surface area (Å²) in [6.45, 7) is 2.55. The Balaban J connectivity index is 1.89. The molecule has 19 heavy (non-hydrogen) atoms. The van der Waals surface area contributed by atoms with Gasteiger partial charge in [0.05, 0.1) is 13.0 Å². The maximum Gasteiger partial charge on any atom is 0.241 e. The van der Waals surface area contributed by atoms with E-state index in [9.17, 15) is 4.79 Å². The van der Waals surface area contributed by atoms with Gasteiger partial charge >= 0.3 is 0 Å². The molecule has 0 atom stereocenters. The average Bonchev–Trinajstić information content (AvgIpc) is 2.85. The van der Waals surface area contributed by atoms with Crippen LogP contribution in [0.1, 0.15) is 17.2 Å². The lowest BCUT2D eigenvalue weighted by molar-refractivity contribution is -0.120. The number of hydrogen-bond donors (Lipinski definition) is 4. The smallest absolute Gasteiger partial charge is 0.241 e. The predicted molar refractivity (Wildman–Crippen MR) is 70.9 cm³/mol. The van der Waals surface area contributed by atoms with Crippen LogP contribution in [0, 0.1) is 6.92 Å². The van der Waals surface area contributed by atoms with Gasteiger partial charge in [-0.15, -0.1) is 0 Å². The van der Waals surface area contributed by atoms with Crippen molar-refractivity contribution in [3.63, 3.8) is 0 Å². The minimum atomic E-state index is -0.322. The highest BCUT2D eigenvalue weighted by atomic mass is 16.2. The van der Waals surface area contributed by atoms with Crippen molar-refractivity contribution in [3.8, 4) is 0 Å². The Morgan fingerprint density at radius 2 is 2.11 bits per heavy atom. The summed E-state index contributed by atoms with van der Waals surface area (Å²) in [7, 11) is 0. The fourth-order valence-corrected chi connectivity index (χ4v) is 1.54. The number of aromatic amines is 1. The molecule has 0 saturated carbocycles. The molecule has 100 valence electrons. The van der Waals surface area contributed by atoms with E-state index in [1.807, 2.05) is 36.6 Å². The van der Waals surface area contributed by atoms with Gasteiger partial charge in [0.1, 0.15) is 5.82 Å². The first-order valence-corrected chi connectivity index (χ1v) is 5.87. The molecule has 2 aromatic rings. The Bertz CT molecular complexity index is 548. The van der Waals surface area contributed by atoms with Gasteiger partial charge in [0.25, 0.3) is 0 Å². The van der Waals surface area contributed by atoms with Crippen molar-refractivity contribution in [2.24, 2.45) is 5.84 Å². The molecule has 5 N–H and O–H groups in total. The van der Waals surface area contributed by atoms with E-state index in [0.29, 0.717) is 18.2 Å². The first-order valence-electron chi connectivity index (χ1n) is 5.87. The van der Waals surface area contributed by atoms with Crippen LogP contribution in [-0.4, -0.2) is 21.1 Å². The SMILES string of the molecule is Cc1ccc(NCc2nc(CC(=O)NN)n[nH]2)cc1. The number of hydrazine groups is 1. The van der Waals surface area contributed by atoms with Crippen LogP contribution in [0.2, 0.25) is 0 Å². The van der Waals surface area contributed by atoms with Gasteiger partial charge in [-0.25, -0.2) is 10.8 Å². The van der Waals surface area contributed by atoms with Gasteiger partial charge < -0.3 is 5.32 Å². The van der Waals surface area contributed by atoms with Crippen LogP contribution in [0.3, 0.4) is 0 Å². The van der Waals surface area contributed by atoms with Crippen LogP contribution < -0.4 is 16.6 Å². The third-order valence-electron chi connectivity index (χ3n) is 2.57. The molecule has 1 heterocycles. The standard InChI is InChI=1S/C12H16N6O/c1-8-2-4-9(5-3-8)14-7-11-15-10(17-18-11)6-12(19)16-13/h2-5,14H,6-7,13H2,1H3,(H,16,19)(H,15,17,18). The molecule has 0 fully saturated rings. The molecule has 0 aliphatic rings. The number of rotatable bonds is 5. The van der Waals surface area contributed by atoms with Crippen molar-refractivity contribution in [3.05, 3.63) is 41.5 Å². The van der Waals surface area contributed by atoms with Crippen molar-refractivity contribution in [1.29, 1.82) is 0 Å². The quantitative estimate of drug-likeness (QED) is 0.350. The normalized spacial score (nSPS) is 10.2. The lowest BCUT2D eigenvalue weighted by Crippen LogP contribution is -2.31. The number of carbonyl (C=O) groups excluding carboxylic acids is 1. The first-order chi connectivity index (χ1) is 9.17. The number of hydrogen-bond acceptors (Lipinski definition) is 5. The van der Waals surface area contributed by atoms with Gasteiger partial charge in [0.2, 0.25) is 5.91 Å². The summed E-state index contributed by atoms with van der Waals surface area (Å²) in [5.41, 5.74) is 4.25. The molecule has 1 amide bonds. The van der Waals surface area contributed by atoms with Crippen molar-refractivity contribution in [2.45, 2.75) is 19.9 Å². The average molecular weight is 260 g/mol. The number of nitrogens with one attached hydrogen (secondary N) is 3. The summed E-state index contributed by atoms with van der Waals surface area (Å²) in [5.74, 6) is 5.76. The van der Waals surface area contributed by atoms with Crippen molar-refractivity contribution in [1.82, 2.24) is 20.6 Å². The van der Waals surface area contributed by atoms with Crippen LogP contribution in [0.25, 0.3) is 0 Å². The van der Waals surface area contributed by atoms with Crippen molar-refractivity contribution in [2.75, 3.05) is 5.32 Å². The lowest BCUT2D eigenvalue weighted by atomic mass is 10.2. The number of aryl methyl sites for hydroxylation is 1. The molecule has 1 aromatic heterocycles. The zero-order valence-corrected chi connectivity index (χ0v) is 10.6. The minimum Gasteiger partial charge on any atom is -0.378 e. The number of anilines is 1. The summed E-state index contributed by atoms with van der Waals surface area (Å²) in [4.78, 5) is 15.2. The van der Waals surface area contributed by atoms with E-state index < -0.39 is 0 Å². The highest BCUT2D eigenvalue weighted by Gasteiger charge is 2.07. The second kappa shape index (κ2) is 5.96.